The first-order chi connectivity index (χ1) is 10.9. The number of nitrogens with zero attached hydrogens (tertiary/aromatic N) is 1. The van der Waals surface area contributed by atoms with Gasteiger partial charge in [-0.25, -0.2) is 4.99 Å². The summed E-state index contributed by atoms with van der Waals surface area (Å²) in [6, 6.07) is 1.13. The average Bonchev–Trinajstić information content (AvgIpc) is 2.56. The minimum atomic E-state index is 0.309. The molecule has 0 atom stereocenters. The van der Waals surface area contributed by atoms with Crippen molar-refractivity contribution in [1.82, 2.24) is 10.6 Å². The van der Waals surface area contributed by atoms with Gasteiger partial charge >= 0.3 is 0 Å². The van der Waals surface area contributed by atoms with Gasteiger partial charge in [0.05, 0.1) is 6.04 Å². The van der Waals surface area contributed by atoms with Crippen LogP contribution in [-0.4, -0.2) is 36.3 Å². The molecule has 0 spiro atoms. The second-order valence-corrected chi connectivity index (χ2v) is 6.96. The molecular weight excluding hydrogens is 274 g/mol. The van der Waals surface area contributed by atoms with Crippen LogP contribution in [0.15, 0.2) is 4.99 Å². The molecular formula is C18H35N3O. The molecule has 0 aromatic heterocycles. The molecule has 0 amide bonds. The molecule has 128 valence electrons. The third-order valence-electron chi connectivity index (χ3n) is 4.96. The van der Waals surface area contributed by atoms with Crippen molar-refractivity contribution in [2.45, 2.75) is 95.6 Å². The number of hydrogen-bond acceptors (Lipinski definition) is 2. The summed E-state index contributed by atoms with van der Waals surface area (Å²) in [6.07, 6.45) is 16.3. The van der Waals surface area contributed by atoms with E-state index in [9.17, 15) is 0 Å². The Morgan fingerprint density at radius 1 is 0.864 bits per heavy atom. The highest BCUT2D eigenvalue weighted by Gasteiger charge is 2.17. The molecule has 0 heterocycles. The maximum atomic E-state index is 8.85. The third-order valence-corrected chi connectivity index (χ3v) is 4.96. The lowest BCUT2D eigenvalue weighted by atomic mass is 9.95. The molecule has 3 N–H and O–H groups in total. The van der Waals surface area contributed by atoms with Crippen LogP contribution < -0.4 is 10.6 Å². The zero-order valence-electron chi connectivity index (χ0n) is 14.2. The van der Waals surface area contributed by atoms with Crippen molar-refractivity contribution in [2.24, 2.45) is 4.99 Å². The molecule has 2 fully saturated rings. The molecule has 2 aliphatic carbocycles. The summed E-state index contributed by atoms with van der Waals surface area (Å²) in [5.41, 5.74) is 0. The van der Waals surface area contributed by atoms with Crippen molar-refractivity contribution in [1.29, 1.82) is 0 Å². The smallest absolute Gasteiger partial charge is 0.191 e. The van der Waals surface area contributed by atoms with E-state index in [0.717, 1.165) is 31.8 Å². The van der Waals surface area contributed by atoms with Crippen LogP contribution in [0.2, 0.25) is 0 Å². The van der Waals surface area contributed by atoms with Crippen LogP contribution in [0.4, 0.5) is 0 Å². The van der Waals surface area contributed by atoms with E-state index in [1.165, 1.54) is 64.2 Å². The maximum absolute atomic E-state index is 8.85. The topological polar surface area (TPSA) is 56.6 Å². The zero-order valence-corrected chi connectivity index (χ0v) is 14.2. The molecule has 0 aliphatic heterocycles. The van der Waals surface area contributed by atoms with E-state index in [0.29, 0.717) is 18.7 Å². The van der Waals surface area contributed by atoms with E-state index < -0.39 is 0 Å². The molecule has 0 radical (unpaired) electrons. The van der Waals surface area contributed by atoms with Crippen molar-refractivity contribution >= 4 is 5.96 Å². The number of aliphatic hydroxyl groups is 1. The second-order valence-electron chi connectivity index (χ2n) is 6.96. The molecule has 22 heavy (non-hydrogen) atoms. The first kappa shape index (κ1) is 17.6. The van der Waals surface area contributed by atoms with Gasteiger partial charge in [-0.1, -0.05) is 38.5 Å². The maximum Gasteiger partial charge on any atom is 0.191 e. The fourth-order valence-corrected chi connectivity index (χ4v) is 3.59. The first-order valence-electron chi connectivity index (χ1n) is 9.57. The second kappa shape index (κ2) is 10.9. The predicted octanol–water partition coefficient (Wildman–Crippen LogP) is 3.35. The number of hydrogen-bond donors (Lipinski definition) is 3. The molecule has 0 bridgehead atoms. The van der Waals surface area contributed by atoms with Crippen LogP contribution in [0.25, 0.3) is 0 Å². The highest BCUT2D eigenvalue weighted by atomic mass is 16.2. The molecule has 4 nitrogen and oxygen atoms in total. The third kappa shape index (κ3) is 6.99. The zero-order chi connectivity index (χ0) is 15.5. The number of guanidine groups is 1. The van der Waals surface area contributed by atoms with Crippen molar-refractivity contribution in [3.63, 3.8) is 0 Å². The van der Waals surface area contributed by atoms with E-state index in [1.54, 1.807) is 0 Å². The minimum absolute atomic E-state index is 0.309. The molecule has 4 heteroatoms. The van der Waals surface area contributed by atoms with Crippen molar-refractivity contribution < 1.29 is 5.11 Å². The van der Waals surface area contributed by atoms with Gasteiger partial charge in [0.15, 0.2) is 5.96 Å². The summed E-state index contributed by atoms with van der Waals surface area (Å²) in [5.74, 6) is 1.04. The highest BCUT2D eigenvalue weighted by Crippen LogP contribution is 2.21. The monoisotopic (exact) mass is 309 g/mol. The Hall–Kier alpha value is -0.770. The lowest BCUT2D eigenvalue weighted by Gasteiger charge is -2.27. The lowest BCUT2D eigenvalue weighted by Crippen LogP contribution is -2.45. The molecule has 0 aromatic carbocycles. The van der Waals surface area contributed by atoms with Gasteiger partial charge in [0, 0.05) is 19.2 Å². The molecule has 0 saturated heterocycles. The molecule has 2 saturated carbocycles. The fraction of sp³-hybridized carbons (Fsp3) is 0.944. The predicted molar refractivity (Wildman–Crippen MR) is 93.3 cm³/mol. The summed E-state index contributed by atoms with van der Waals surface area (Å²) in [4.78, 5) is 4.99. The van der Waals surface area contributed by atoms with Crippen LogP contribution in [0.3, 0.4) is 0 Å². The van der Waals surface area contributed by atoms with Crippen LogP contribution in [0.5, 0.6) is 0 Å². The Bertz CT molecular complexity index is 307. The number of rotatable bonds is 7. The fourth-order valence-electron chi connectivity index (χ4n) is 3.59. The normalized spacial score (nSPS) is 21.8. The van der Waals surface area contributed by atoms with Gasteiger partial charge in [0.1, 0.15) is 0 Å². The van der Waals surface area contributed by atoms with E-state index in [-0.39, 0.29) is 0 Å². The number of aliphatic hydroxyl groups excluding tert-OH is 1. The summed E-state index contributed by atoms with van der Waals surface area (Å²) in [6.45, 7) is 1.27. The van der Waals surface area contributed by atoms with Gasteiger partial charge in [0.25, 0.3) is 0 Å². The molecule has 0 unspecified atom stereocenters. The van der Waals surface area contributed by atoms with Crippen LogP contribution in [0, 0.1) is 0 Å². The summed E-state index contributed by atoms with van der Waals surface area (Å²) >= 11 is 0. The first-order valence-corrected chi connectivity index (χ1v) is 9.57. The number of unbranched alkanes of at least 4 members (excludes halogenated alkanes) is 2. The minimum Gasteiger partial charge on any atom is -0.396 e. The van der Waals surface area contributed by atoms with Gasteiger partial charge in [0.2, 0.25) is 0 Å². The van der Waals surface area contributed by atoms with Gasteiger partial charge in [-0.2, -0.15) is 0 Å². The largest absolute Gasteiger partial charge is 0.396 e. The Balaban J connectivity index is 1.80. The lowest BCUT2D eigenvalue weighted by molar-refractivity contribution is 0.283. The molecule has 2 rings (SSSR count). The number of aliphatic imine (C=N–C) groups is 1. The summed E-state index contributed by atoms with van der Waals surface area (Å²) < 4.78 is 0. The standard InChI is InChI=1S/C18H35N3O/c22-15-9-3-8-14-19-18(20-16-10-4-1-5-11-16)21-17-12-6-2-7-13-17/h16-17,22H,1-15H2,(H2,19,20,21). The van der Waals surface area contributed by atoms with Crippen LogP contribution in [0.1, 0.15) is 83.5 Å². The van der Waals surface area contributed by atoms with Crippen LogP contribution >= 0.6 is 0 Å². The molecule has 0 aromatic rings. The van der Waals surface area contributed by atoms with Gasteiger partial charge in [-0.05, 0) is 44.9 Å². The number of nitrogens with one attached hydrogen (secondary N) is 2. The van der Waals surface area contributed by atoms with Crippen LogP contribution in [-0.2, 0) is 0 Å². The highest BCUT2D eigenvalue weighted by molar-refractivity contribution is 5.80. The Morgan fingerprint density at radius 3 is 2.23 bits per heavy atom. The Morgan fingerprint density at radius 2 is 1.55 bits per heavy atom. The summed E-state index contributed by atoms with van der Waals surface area (Å²) in [7, 11) is 0. The van der Waals surface area contributed by atoms with Crippen molar-refractivity contribution in [3.05, 3.63) is 0 Å². The van der Waals surface area contributed by atoms with Crippen molar-refractivity contribution in [3.8, 4) is 0 Å². The Kier molecular flexibility index (Phi) is 8.69. The van der Waals surface area contributed by atoms with Gasteiger partial charge in [-0.15, -0.1) is 0 Å². The summed E-state index contributed by atoms with van der Waals surface area (Å²) in [5, 5.41) is 16.1. The average molecular weight is 309 g/mol. The van der Waals surface area contributed by atoms with Gasteiger partial charge < -0.3 is 15.7 Å². The van der Waals surface area contributed by atoms with E-state index >= 15 is 0 Å². The Labute approximate surface area is 136 Å². The van der Waals surface area contributed by atoms with Crippen molar-refractivity contribution in [2.75, 3.05) is 13.2 Å². The van der Waals surface area contributed by atoms with Gasteiger partial charge in [-0.3, -0.25) is 0 Å². The van der Waals surface area contributed by atoms with E-state index in [1.807, 2.05) is 0 Å². The van der Waals surface area contributed by atoms with E-state index in [4.69, 9.17) is 10.1 Å². The molecule has 2 aliphatic rings. The quantitative estimate of drug-likeness (QED) is 0.384. The van der Waals surface area contributed by atoms with E-state index in [2.05, 4.69) is 10.6 Å². The SMILES string of the molecule is OCCCCCN/C(=N\C1CCCCC1)NC1CCCCC1.